The number of Topliss-reactive ketones (excluding diaryl/α,β-unsaturated/α-hetero) is 2. The van der Waals surface area contributed by atoms with Crippen molar-refractivity contribution in [1.29, 1.82) is 0 Å². The molecule has 132 valence electrons. The first-order valence-electron chi connectivity index (χ1n) is 8.84. The molecule has 0 fully saturated rings. The van der Waals surface area contributed by atoms with Gasteiger partial charge in [0.05, 0.1) is 13.1 Å². The van der Waals surface area contributed by atoms with Crippen LogP contribution in [0.25, 0.3) is 0 Å². The van der Waals surface area contributed by atoms with E-state index < -0.39 is 0 Å². The van der Waals surface area contributed by atoms with Gasteiger partial charge in [0.2, 0.25) is 0 Å². The van der Waals surface area contributed by atoms with Crippen LogP contribution in [0.1, 0.15) is 67.2 Å². The molecule has 22 heavy (non-hydrogen) atoms. The molecule has 0 aliphatic rings. The molecule has 4 nitrogen and oxygen atoms in total. The van der Waals surface area contributed by atoms with Crippen LogP contribution >= 0.6 is 0 Å². The van der Waals surface area contributed by atoms with E-state index in [-0.39, 0.29) is 11.6 Å². The van der Waals surface area contributed by atoms with Crippen molar-refractivity contribution in [1.82, 2.24) is 9.80 Å². The Kier molecular flexibility index (Phi) is 17.8. The Morgan fingerprint density at radius 3 is 0.955 bits per heavy atom. The van der Waals surface area contributed by atoms with Crippen molar-refractivity contribution in [3.05, 3.63) is 0 Å². The van der Waals surface area contributed by atoms with Crippen LogP contribution in [0.5, 0.6) is 0 Å². The zero-order chi connectivity index (χ0) is 17.4. The van der Waals surface area contributed by atoms with Gasteiger partial charge in [-0.05, 0) is 65.7 Å². The van der Waals surface area contributed by atoms with E-state index in [0.717, 1.165) is 51.9 Å². The van der Waals surface area contributed by atoms with Crippen molar-refractivity contribution in [2.24, 2.45) is 0 Å². The number of nitrogens with zero attached hydrogens (tertiary/aromatic N) is 2. The molecule has 0 N–H and O–H groups in total. The molecule has 0 unspecified atom stereocenters. The second-order valence-electron chi connectivity index (χ2n) is 5.96. The van der Waals surface area contributed by atoms with Crippen LogP contribution in [0, 0.1) is 0 Å². The molecule has 0 aromatic rings. The van der Waals surface area contributed by atoms with E-state index in [1.807, 2.05) is 0 Å². The summed E-state index contributed by atoms with van der Waals surface area (Å²) in [6.07, 6.45) is 4.53. The van der Waals surface area contributed by atoms with E-state index in [4.69, 9.17) is 0 Å². The molecule has 0 aromatic heterocycles. The minimum atomic E-state index is 0.270. The third-order valence-electron chi connectivity index (χ3n) is 3.05. The summed E-state index contributed by atoms with van der Waals surface area (Å²) in [6, 6.07) is 0. The molecule has 0 saturated carbocycles. The maximum atomic E-state index is 10.8. The second kappa shape index (κ2) is 16.6. The Morgan fingerprint density at radius 1 is 0.591 bits per heavy atom. The summed E-state index contributed by atoms with van der Waals surface area (Å²) in [5, 5.41) is 0. The zero-order valence-corrected chi connectivity index (χ0v) is 15.8. The van der Waals surface area contributed by atoms with Crippen molar-refractivity contribution < 1.29 is 9.59 Å². The minimum absolute atomic E-state index is 0.270. The Balaban J connectivity index is 0. The highest BCUT2D eigenvalue weighted by molar-refractivity contribution is 5.77. The Morgan fingerprint density at radius 2 is 0.818 bits per heavy atom. The fourth-order valence-electron chi connectivity index (χ4n) is 2.43. The normalized spacial score (nSPS) is 10.5. The predicted molar refractivity (Wildman–Crippen MR) is 95.4 cm³/mol. The number of carbonyl (C=O) groups excluding carboxylic acids is 2. The first-order valence-corrected chi connectivity index (χ1v) is 8.84. The lowest BCUT2D eigenvalue weighted by molar-refractivity contribution is -0.119. The molecule has 0 radical (unpaired) electrons. The van der Waals surface area contributed by atoms with Crippen molar-refractivity contribution in [2.45, 2.75) is 67.2 Å². The van der Waals surface area contributed by atoms with Gasteiger partial charge in [-0.2, -0.15) is 0 Å². The zero-order valence-electron chi connectivity index (χ0n) is 15.8. The molecule has 0 amide bonds. The summed E-state index contributed by atoms with van der Waals surface area (Å²) in [5.74, 6) is 0.541. The molecule has 0 bridgehead atoms. The average Bonchev–Trinajstić information content (AvgIpc) is 2.39. The second-order valence-corrected chi connectivity index (χ2v) is 5.96. The number of hydrogen-bond acceptors (Lipinski definition) is 4. The fraction of sp³-hybridized carbons (Fsp3) is 0.889. The lowest BCUT2D eigenvalue weighted by Gasteiger charge is -2.18. The summed E-state index contributed by atoms with van der Waals surface area (Å²) in [5.41, 5.74) is 0. The Bertz CT molecular complexity index is 240. The molecule has 0 heterocycles. The van der Waals surface area contributed by atoms with Crippen LogP contribution in [0.4, 0.5) is 0 Å². The molecule has 4 heteroatoms. The Hall–Kier alpha value is -0.740. The first kappa shape index (κ1) is 23.5. The Labute approximate surface area is 138 Å². The SMILES string of the molecule is CCCN(CCC)CC(C)=O.CCCN(CCC)CC(C)=O. The van der Waals surface area contributed by atoms with Gasteiger partial charge in [-0.3, -0.25) is 19.4 Å². The standard InChI is InChI=1S/2C9H19NO/c2*1-4-6-10(7-5-2)8-9(3)11/h2*4-8H2,1-3H3. The quantitative estimate of drug-likeness (QED) is 0.553. The van der Waals surface area contributed by atoms with Gasteiger partial charge in [0.15, 0.2) is 0 Å². The van der Waals surface area contributed by atoms with Gasteiger partial charge < -0.3 is 0 Å². The molecular formula is C18H38N2O2. The molecular weight excluding hydrogens is 276 g/mol. The summed E-state index contributed by atoms with van der Waals surface area (Å²) in [6.45, 7) is 17.3. The van der Waals surface area contributed by atoms with Crippen molar-refractivity contribution >= 4 is 11.6 Å². The van der Waals surface area contributed by atoms with Crippen LogP contribution in [-0.4, -0.2) is 60.6 Å². The van der Waals surface area contributed by atoms with Gasteiger partial charge in [0, 0.05) is 0 Å². The number of rotatable bonds is 12. The smallest absolute Gasteiger partial charge is 0.143 e. The van der Waals surface area contributed by atoms with Crippen LogP contribution < -0.4 is 0 Å². The van der Waals surface area contributed by atoms with E-state index >= 15 is 0 Å². The van der Waals surface area contributed by atoms with E-state index in [1.54, 1.807) is 13.8 Å². The third kappa shape index (κ3) is 17.3. The molecule has 0 saturated heterocycles. The van der Waals surface area contributed by atoms with E-state index in [0.29, 0.717) is 13.1 Å². The van der Waals surface area contributed by atoms with Gasteiger partial charge in [-0.1, -0.05) is 27.7 Å². The molecule has 0 rings (SSSR count). The van der Waals surface area contributed by atoms with Crippen LogP contribution in [0.2, 0.25) is 0 Å². The van der Waals surface area contributed by atoms with E-state index in [9.17, 15) is 9.59 Å². The maximum Gasteiger partial charge on any atom is 0.143 e. The van der Waals surface area contributed by atoms with Crippen molar-refractivity contribution in [3.8, 4) is 0 Å². The number of ketones is 2. The molecule has 0 atom stereocenters. The molecule has 0 spiro atoms. The lowest BCUT2D eigenvalue weighted by atomic mass is 10.3. The largest absolute Gasteiger partial charge is 0.299 e. The van der Waals surface area contributed by atoms with Crippen molar-refractivity contribution in [2.75, 3.05) is 39.3 Å². The van der Waals surface area contributed by atoms with Crippen molar-refractivity contribution in [3.63, 3.8) is 0 Å². The topological polar surface area (TPSA) is 40.6 Å². The summed E-state index contributed by atoms with van der Waals surface area (Å²) in [7, 11) is 0. The van der Waals surface area contributed by atoms with E-state index in [1.165, 1.54) is 0 Å². The highest BCUT2D eigenvalue weighted by Crippen LogP contribution is 1.94. The average molecular weight is 315 g/mol. The maximum absolute atomic E-state index is 10.8. The van der Waals surface area contributed by atoms with Gasteiger partial charge >= 0.3 is 0 Å². The van der Waals surface area contributed by atoms with Gasteiger partial charge in [0.1, 0.15) is 11.6 Å². The monoisotopic (exact) mass is 314 g/mol. The van der Waals surface area contributed by atoms with Crippen LogP contribution in [-0.2, 0) is 9.59 Å². The highest BCUT2D eigenvalue weighted by Gasteiger charge is 2.04. The summed E-state index contributed by atoms with van der Waals surface area (Å²) >= 11 is 0. The van der Waals surface area contributed by atoms with Gasteiger partial charge in [-0.25, -0.2) is 0 Å². The van der Waals surface area contributed by atoms with Gasteiger partial charge in [0.25, 0.3) is 0 Å². The predicted octanol–water partition coefficient (Wildman–Crippen LogP) is 3.39. The summed E-state index contributed by atoms with van der Waals surface area (Å²) in [4.78, 5) is 25.9. The fourth-order valence-corrected chi connectivity index (χ4v) is 2.43. The highest BCUT2D eigenvalue weighted by atomic mass is 16.1. The third-order valence-corrected chi connectivity index (χ3v) is 3.05. The molecule has 0 aliphatic carbocycles. The van der Waals surface area contributed by atoms with E-state index in [2.05, 4.69) is 37.5 Å². The molecule has 0 aromatic carbocycles. The van der Waals surface area contributed by atoms with Crippen LogP contribution in [0.3, 0.4) is 0 Å². The summed E-state index contributed by atoms with van der Waals surface area (Å²) < 4.78 is 0. The van der Waals surface area contributed by atoms with Gasteiger partial charge in [-0.15, -0.1) is 0 Å². The van der Waals surface area contributed by atoms with Crippen LogP contribution in [0.15, 0.2) is 0 Å². The number of hydrogen-bond donors (Lipinski definition) is 0. The lowest BCUT2D eigenvalue weighted by Crippen LogP contribution is -2.30. The minimum Gasteiger partial charge on any atom is -0.299 e. The molecule has 0 aliphatic heterocycles. The first-order chi connectivity index (χ1) is 10.4. The number of carbonyl (C=O) groups is 2.